The molecule has 0 aromatic carbocycles. The van der Waals surface area contributed by atoms with E-state index < -0.39 is 5.63 Å². The third-order valence-electron chi connectivity index (χ3n) is 5.91. The van der Waals surface area contributed by atoms with Crippen LogP contribution in [0.4, 0.5) is 0 Å². The Labute approximate surface area is 156 Å². The Kier molecular flexibility index (Phi) is 4.05. The zero-order chi connectivity index (χ0) is 19.3. The molecule has 2 aliphatic rings. The minimum absolute atomic E-state index is 0.00947. The maximum Gasteiger partial charge on any atom is 0.337 e. The number of H-pyrrole nitrogens is 1. The van der Waals surface area contributed by atoms with Crippen LogP contribution in [-0.2, 0) is 6.42 Å². The van der Waals surface area contributed by atoms with Gasteiger partial charge in [0, 0.05) is 6.07 Å². The van der Waals surface area contributed by atoms with Gasteiger partial charge in [0.2, 0.25) is 5.71 Å². The molecule has 0 bridgehead atoms. The van der Waals surface area contributed by atoms with Crippen LogP contribution >= 0.6 is 0 Å². The van der Waals surface area contributed by atoms with Crippen molar-refractivity contribution in [3.63, 3.8) is 0 Å². The molecule has 0 aliphatic heterocycles. The number of aromatic amines is 1. The number of hydrogen-bond acceptors (Lipinski definition) is 6. The minimum atomic E-state index is -0.517. The Balaban J connectivity index is 1.69. The van der Waals surface area contributed by atoms with Crippen LogP contribution in [0.1, 0.15) is 52.5 Å². The fourth-order valence-corrected chi connectivity index (χ4v) is 3.66. The van der Waals surface area contributed by atoms with Crippen LogP contribution in [0.5, 0.6) is 6.01 Å². The number of oxime groups is 1. The summed E-state index contributed by atoms with van der Waals surface area (Å²) in [6.45, 7) is 8.41. The maximum atomic E-state index is 12.6. The molecule has 142 valence electrons. The molecule has 2 heterocycles. The second kappa shape index (κ2) is 6.18. The molecule has 7 heteroatoms. The average Bonchev–Trinajstić information content (AvgIpc) is 3.05. The van der Waals surface area contributed by atoms with Crippen LogP contribution in [0.15, 0.2) is 36.4 Å². The predicted octanol–water partition coefficient (Wildman–Crippen LogP) is 3.33. The van der Waals surface area contributed by atoms with Gasteiger partial charge < -0.3 is 9.25 Å². The second-order valence-electron chi connectivity index (χ2n) is 8.27. The summed E-state index contributed by atoms with van der Waals surface area (Å²) in [5, 5.41) is 4.41. The van der Waals surface area contributed by atoms with E-state index in [2.05, 4.69) is 35.9 Å². The van der Waals surface area contributed by atoms with E-state index in [1.54, 1.807) is 0 Å². The number of nitrogens with one attached hydrogen (secondary N) is 1. The lowest BCUT2D eigenvalue weighted by atomic mass is 10.0. The molecule has 0 radical (unpaired) electrons. The zero-order valence-corrected chi connectivity index (χ0v) is 16.0. The quantitative estimate of drug-likeness (QED) is 0.834. The Morgan fingerprint density at radius 2 is 2.07 bits per heavy atom. The molecular weight excluding hydrogens is 346 g/mol. The molecule has 0 amide bonds. The largest absolute Gasteiger partial charge is 0.403 e. The number of rotatable bonds is 4. The van der Waals surface area contributed by atoms with E-state index in [1.807, 2.05) is 6.92 Å². The maximum absolute atomic E-state index is 12.6. The van der Waals surface area contributed by atoms with Gasteiger partial charge in [0.05, 0.1) is 5.71 Å². The molecule has 2 aromatic heterocycles. The molecule has 1 fully saturated rings. The smallest absolute Gasteiger partial charge is 0.337 e. The van der Waals surface area contributed by atoms with E-state index in [-0.39, 0.29) is 22.7 Å². The molecule has 1 saturated carbocycles. The highest BCUT2D eigenvalue weighted by Gasteiger charge is 2.45. The van der Waals surface area contributed by atoms with Crippen LogP contribution in [-0.4, -0.2) is 15.7 Å². The fourth-order valence-electron chi connectivity index (χ4n) is 3.66. The Morgan fingerprint density at radius 1 is 1.33 bits per heavy atom. The first-order valence-electron chi connectivity index (χ1n) is 9.22. The highest BCUT2D eigenvalue weighted by atomic mass is 16.6. The van der Waals surface area contributed by atoms with Crippen molar-refractivity contribution >= 4 is 16.8 Å². The number of allylic oxidation sites excluding steroid dienone is 2. The molecule has 1 atom stereocenters. The van der Waals surface area contributed by atoms with Gasteiger partial charge in [-0.25, -0.2) is 4.79 Å². The molecule has 1 unspecified atom stereocenters. The minimum Gasteiger partial charge on any atom is -0.403 e. The molecular formula is C20H23N3O4. The van der Waals surface area contributed by atoms with Gasteiger partial charge in [0.1, 0.15) is 5.39 Å². The molecule has 0 spiro atoms. The Hall–Kier alpha value is -2.70. The van der Waals surface area contributed by atoms with Crippen molar-refractivity contribution < 1.29 is 9.25 Å². The van der Waals surface area contributed by atoms with Crippen LogP contribution in [0.2, 0.25) is 0 Å². The van der Waals surface area contributed by atoms with Gasteiger partial charge in [0.15, 0.2) is 0 Å². The first kappa shape index (κ1) is 17.7. The van der Waals surface area contributed by atoms with Crippen LogP contribution < -0.4 is 16.0 Å². The van der Waals surface area contributed by atoms with Gasteiger partial charge in [-0.15, -0.1) is 0 Å². The van der Waals surface area contributed by atoms with Crippen LogP contribution in [0.3, 0.4) is 0 Å². The van der Waals surface area contributed by atoms with Gasteiger partial charge in [0.25, 0.3) is 5.56 Å². The third kappa shape index (κ3) is 3.34. The number of aromatic nitrogens is 2. The van der Waals surface area contributed by atoms with Gasteiger partial charge >= 0.3 is 11.6 Å². The van der Waals surface area contributed by atoms with Crippen molar-refractivity contribution in [2.45, 2.75) is 53.4 Å². The SMILES string of the molecule is CC1=C(C)/C(=N\Oc2nc3oc(=O)cc(CC4CC4(C)C)c3c(=O)[nH]2)CC1. The van der Waals surface area contributed by atoms with Crippen molar-refractivity contribution in [3.05, 3.63) is 43.5 Å². The molecule has 2 aromatic rings. The molecule has 27 heavy (non-hydrogen) atoms. The molecule has 1 N–H and O–H groups in total. The van der Waals surface area contributed by atoms with E-state index in [0.717, 1.165) is 30.5 Å². The van der Waals surface area contributed by atoms with Crippen LogP contribution in [0, 0.1) is 11.3 Å². The lowest BCUT2D eigenvalue weighted by molar-refractivity contribution is 0.310. The van der Waals surface area contributed by atoms with E-state index in [4.69, 9.17) is 9.25 Å². The standard InChI is InChI=1S/C20H23N3O4/c1-10-5-6-14(11(10)2)23-27-19-21-17(25)16-12(7-13-9-20(13,3)4)8-15(24)26-18(16)22-19/h8,13H,5-7,9H2,1-4H3,(H,21,22,25)/b23-14-. The van der Waals surface area contributed by atoms with E-state index in [0.29, 0.717) is 23.3 Å². The van der Waals surface area contributed by atoms with Gasteiger partial charge in [-0.1, -0.05) is 24.6 Å². The lowest BCUT2D eigenvalue weighted by Crippen LogP contribution is -2.15. The summed E-state index contributed by atoms with van der Waals surface area (Å²) in [7, 11) is 0. The Bertz CT molecular complexity index is 1100. The van der Waals surface area contributed by atoms with E-state index in [9.17, 15) is 9.59 Å². The van der Waals surface area contributed by atoms with Crippen molar-refractivity contribution in [3.8, 4) is 6.01 Å². The zero-order valence-electron chi connectivity index (χ0n) is 16.0. The van der Waals surface area contributed by atoms with Crippen molar-refractivity contribution in [1.82, 2.24) is 9.97 Å². The average molecular weight is 369 g/mol. The first-order valence-corrected chi connectivity index (χ1v) is 9.22. The highest BCUT2D eigenvalue weighted by Crippen LogP contribution is 2.53. The van der Waals surface area contributed by atoms with Gasteiger partial charge in [-0.2, -0.15) is 4.98 Å². The van der Waals surface area contributed by atoms with Crippen molar-refractivity contribution in [2.75, 3.05) is 0 Å². The summed E-state index contributed by atoms with van der Waals surface area (Å²) in [6.07, 6.45) is 3.48. The van der Waals surface area contributed by atoms with Crippen molar-refractivity contribution in [1.29, 1.82) is 0 Å². The highest BCUT2D eigenvalue weighted by molar-refractivity contribution is 6.02. The monoisotopic (exact) mass is 369 g/mol. The summed E-state index contributed by atoms with van der Waals surface area (Å²) >= 11 is 0. The number of hydrogen-bond donors (Lipinski definition) is 1. The molecule has 2 aliphatic carbocycles. The van der Waals surface area contributed by atoms with E-state index in [1.165, 1.54) is 11.6 Å². The number of nitrogens with zero attached hydrogens (tertiary/aromatic N) is 2. The molecule has 7 nitrogen and oxygen atoms in total. The molecule has 0 saturated heterocycles. The van der Waals surface area contributed by atoms with Gasteiger partial charge in [-0.3, -0.25) is 9.78 Å². The third-order valence-corrected chi connectivity index (χ3v) is 5.91. The first-order chi connectivity index (χ1) is 12.7. The van der Waals surface area contributed by atoms with Gasteiger partial charge in [-0.05, 0) is 62.0 Å². The fraction of sp³-hybridized carbons (Fsp3) is 0.500. The molecule has 4 rings (SSSR count). The Morgan fingerprint density at radius 3 is 2.70 bits per heavy atom. The van der Waals surface area contributed by atoms with Crippen molar-refractivity contribution in [2.24, 2.45) is 16.5 Å². The summed E-state index contributed by atoms with van der Waals surface area (Å²) in [5.41, 5.74) is 3.21. The van der Waals surface area contributed by atoms with E-state index >= 15 is 0 Å². The van der Waals surface area contributed by atoms with Crippen LogP contribution in [0.25, 0.3) is 11.1 Å². The lowest BCUT2D eigenvalue weighted by Gasteiger charge is -2.07. The predicted molar refractivity (Wildman–Crippen MR) is 102 cm³/mol. The summed E-state index contributed by atoms with van der Waals surface area (Å²) in [5.74, 6) is 0.449. The topological polar surface area (TPSA) is 97.5 Å². The summed E-state index contributed by atoms with van der Waals surface area (Å²) in [6, 6.07) is 1.31. The summed E-state index contributed by atoms with van der Waals surface area (Å²) in [4.78, 5) is 36.6. The summed E-state index contributed by atoms with van der Waals surface area (Å²) < 4.78 is 5.16. The number of fused-ring (bicyclic) bond motifs is 1. The normalized spacial score (nSPS) is 22.7. The second-order valence-corrected chi connectivity index (χ2v) is 8.27.